The quantitative estimate of drug-likeness (QED) is 0.797. The number of methoxy groups -OCH3 is 1. The number of carbonyl (C=O) groups is 1. The number of hydrogen-bond donors (Lipinski definition) is 2. The van der Waals surface area contributed by atoms with Crippen LogP contribution in [0.2, 0.25) is 0 Å². The normalized spacial score (nSPS) is 23.6. The molecule has 1 aromatic heterocycles. The van der Waals surface area contributed by atoms with Crippen molar-refractivity contribution in [3.05, 3.63) is 17.8 Å². The summed E-state index contributed by atoms with van der Waals surface area (Å²) in [5.74, 6) is 0.0983. The number of anilines is 1. The first kappa shape index (κ1) is 11.8. The molecule has 6 nitrogen and oxygen atoms in total. The summed E-state index contributed by atoms with van der Waals surface area (Å²) < 4.78 is 5.29. The smallest absolute Gasteiger partial charge is 0.269 e. The molecule has 17 heavy (non-hydrogen) atoms. The van der Waals surface area contributed by atoms with Crippen molar-refractivity contribution in [3.8, 4) is 0 Å². The van der Waals surface area contributed by atoms with Gasteiger partial charge in [-0.1, -0.05) is 0 Å². The largest absolute Gasteiger partial charge is 0.381 e. The van der Waals surface area contributed by atoms with Gasteiger partial charge in [-0.25, -0.2) is 0 Å². The zero-order valence-electron chi connectivity index (χ0n) is 9.72. The highest BCUT2D eigenvalue weighted by Crippen LogP contribution is 2.23. The molecule has 1 aromatic rings. The topological polar surface area (TPSA) is 90.1 Å². The molecule has 1 aliphatic rings. The van der Waals surface area contributed by atoms with Crippen molar-refractivity contribution in [2.45, 2.75) is 31.4 Å². The highest BCUT2D eigenvalue weighted by atomic mass is 16.5. The summed E-state index contributed by atoms with van der Waals surface area (Å²) in [6.45, 7) is 0. The van der Waals surface area contributed by atoms with Crippen LogP contribution >= 0.6 is 0 Å². The number of amides is 1. The third-order valence-electron chi connectivity index (χ3n) is 2.99. The zero-order chi connectivity index (χ0) is 12.3. The molecule has 0 aromatic carbocycles. The Hall–Kier alpha value is -1.69. The van der Waals surface area contributed by atoms with E-state index in [-0.39, 0.29) is 5.69 Å². The maximum Gasteiger partial charge on any atom is 0.269 e. The molecule has 2 atom stereocenters. The van der Waals surface area contributed by atoms with Crippen LogP contribution in [0.15, 0.2) is 12.1 Å². The molecule has 3 N–H and O–H groups in total. The van der Waals surface area contributed by atoms with Crippen molar-refractivity contribution in [2.75, 3.05) is 12.4 Å². The van der Waals surface area contributed by atoms with Gasteiger partial charge < -0.3 is 15.8 Å². The summed E-state index contributed by atoms with van der Waals surface area (Å²) >= 11 is 0. The Morgan fingerprint density at radius 1 is 1.47 bits per heavy atom. The van der Waals surface area contributed by atoms with E-state index in [1.807, 2.05) is 0 Å². The second-order valence-corrected chi connectivity index (χ2v) is 4.18. The molecule has 0 spiro atoms. The predicted molar refractivity (Wildman–Crippen MR) is 62.6 cm³/mol. The van der Waals surface area contributed by atoms with Gasteiger partial charge in [0.25, 0.3) is 5.91 Å². The number of nitrogens with one attached hydrogen (secondary N) is 1. The van der Waals surface area contributed by atoms with Crippen LogP contribution in [0.3, 0.4) is 0 Å². The van der Waals surface area contributed by atoms with Crippen molar-refractivity contribution in [1.82, 2.24) is 10.2 Å². The minimum atomic E-state index is -0.565. The molecule has 1 heterocycles. The second-order valence-electron chi connectivity index (χ2n) is 4.18. The van der Waals surface area contributed by atoms with Gasteiger partial charge in [-0.05, 0) is 31.4 Å². The number of carbonyl (C=O) groups excluding carboxylic acids is 1. The number of ether oxygens (including phenoxy) is 1. The molecule has 2 rings (SSSR count). The lowest BCUT2D eigenvalue weighted by Gasteiger charge is -2.12. The van der Waals surface area contributed by atoms with Gasteiger partial charge in [-0.2, -0.15) is 0 Å². The number of aromatic nitrogens is 2. The van der Waals surface area contributed by atoms with E-state index in [1.54, 1.807) is 19.2 Å². The average Bonchev–Trinajstić information content (AvgIpc) is 2.77. The van der Waals surface area contributed by atoms with Gasteiger partial charge in [0.2, 0.25) is 0 Å². The molecule has 1 saturated carbocycles. The van der Waals surface area contributed by atoms with Crippen molar-refractivity contribution in [3.63, 3.8) is 0 Å². The fraction of sp³-hybridized carbons (Fsp3) is 0.545. The Morgan fingerprint density at radius 2 is 2.29 bits per heavy atom. The van der Waals surface area contributed by atoms with Crippen molar-refractivity contribution in [1.29, 1.82) is 0 Å². The van der Waals surface area contributed by atoms with E-state index in [0.717, 1.165) is 19.3 Å². The first-order valence-corrected chi connectivity index (χ1v) is 5.62. The van der Waals surface area contributed by atoms with Crippen LogP contribution in [0.4, 0.5) is 5.82 Å². The van der Waals surface area contributed by atoms with Crippen LogP contribution in [-0.4, -0.2) is 35.4 Å². The monoisotopic (exact) mass is 236 g/mol. The summed E-state index contributed by atoms with van der Waals surface area (Å²) in [5.41, 5.74) is 5.26. The Morgan fingerprint density at radius 3 is 2.82 bits per heavy atom. The van der Waals surface area contributed by atoms with Crippen molar-refractivity contribution >= 4 is 11.7 Å². The third kappa shape index (κ3) is 2.91. The molecule has 1 fully saturated rings. The zero-order valence-corrected chi connectivity index (χ0v) is 9.72. The summed E-state index contributed by atoms with van der Waals surface area (Å²) in [5, 5.41) is 10.9. The Kier molecular flexibility index (Phi) is 3.53. The molecule has 1 aliphatic carbocycles. The van der Waals surface area contributed by atoms with Gasteiger partial charge in [0.15, 0.2) is 5.69 Å². The molecule has 0 bridgehead atoms. The van der Waals surface area contributed by atoms with Gasteiger partial charge in [0.1, 0.15) is 5.82 Å². The molecule has 92 valence electrons. The van der Waals surface area contributed by atoms with Crippen LogP contribution in [0.1, 0.15) is 29.8 Å². The highest BCUT2D eigenvalue weighted by molar-refractivity contribution is 5.90. The van der Waals surface area contributed by atoms with Gasteiger partial charge in [-0.15, -0.1) is 10.2 Å². The van der Waals surface area contributed by atoms with E-state index in [9.17, 15) is 4.79 Å². The lowest BCUT2D eigenvalue weighted by atomic mass is 10.2. The van der Waals surface area contributed by atoms with Crippen molar-refractivity contribution < 1.29 is 9.53 Å². The summed E-state index contributed by atoms with van der Waals surface area (Å²) in [6.07, 6.45) is 3.40. The Labute approximate surface area is 99.6 Å². The lowest BCUT2D eigenvalue weighted by Crippen LogP contribution is -2.19. The fourth-order valence-electron chi connectivity index (χ4n) is 2.04. The number of rotatable bonds is 4. The number of nitrogens with two attached hydrogens (primary N) is 1. The average molecular weight is 236 g/mol. The Bertz CT molecular complexity index is 393. The van der Waals surface area contributed by atoms with E-state index in [4.69, 9.17) is 10.5 Å². The van der Waals surface area contributed by atoms with Crippen LogP contribution in [0.5, 0.6) is 0 Å². The van der Waals surface area contributed by atoms with Crippen LogP contribution < -0.4 is 11.1 Å². The van der Waals surface area contributed by atoms with E-state index >= 15 is 0 Å². The summed E-state index contributed by atoms with van der Waals surface area (Å²) in [6, 6.07) is 3.64. The predicted octanol–water partition coefficient (Wildman–Crippen LogP) is 0.555. The van der Waals surface area contributed by atoms with E-state index in [1.165, 1.54) is 0 Å². The lowest BCUT2D eigenvalue weighted by molar-refractivity contribution is 0.0994. The van der Waals surface area contributed by atoms with E-state index in [0.29, 0.717) is 18.0 Å². The fourth-order valence-corrected chi connectivity index (χ4v) is 2.04. The first-order chi connectivity index (χ1) is 8.19. The minimum Gasteiger partial charge on any atom is -0.381 e. The standard InChI is InChI=1S/C11H16N4O2/c1-17-8-3-2-7(6-8)13-10-5-4-9(11(12)16)14-15-10/h4-5,7-8H,2-3,6H2,1H3,(H2,12,16)(H,13,15). The maximum absolute atomic E-state index is 10.8. The molecule has 6 heteroatoms. The number of hydrogen-bond acceptors (Lipinski definition) is 5. The van der Waals surface area contributed by atoms with Gasteiger partial charge in [0.05, 0.1) is 6.10 Å². The maximum atomic E-state index is 10.8. The van der Waals surface area contributed by atoms with Crippen molar-refractivity contribution in [2.24, 2.45) is 5.73 Å². The third-order valence-corrected chi connectivity index (χ3v) is 2.99. The minimum absolute atomic E-state index is 0.178. The molecular weight excluding hydrogens is 220 g/mol. The van der Waals surface area contributed by atoms with Gasteiger partial charge >= 0.3 is 0 Å². The SMILES string of the molecule is COC1CCC(Nc2ccc(C(N)=O)nn2)C1. The molecule has 1 amide bonds. The Balaban J connectivity index is 1.93. The highest BCUT2D eigenvalue weighted by Gasteiger charge is 2.24. The van der Waals surface area contributed by atoms with E-state index < -0.39 is 5.91 Å². The summed E-state index contributed by atoms with van der Waals surface area (Å²) in [4.78, 5) is 10.8. The van der Waals surface area contributed by atoms with E-state index in [2.05, 4.69) is 15.5 Å². The van der Waals surface area contributed by atoms with Crippen LogP contribution in [0.25, 0.3) is 0 Å². The molecule has 0 radical (unpaired) electrons. The molecular formula is C11H16N4O2. The van der Waals surface area contributed by atoms with Gasteiger partial charge in [-0.3, -0.25) is 4.79 Å². The first-order valence-electron chi connectivity index (χ1n) is 5.62. The van der Waals surface area contributed by atoms with Gasteiger partial charge in [0, 0.05) is 13.2 Å². The van der Waals surface area contributed by atoms with Crippen LogP contribution in [-0.2, 0) is 4.74 Å². The summed E-state index contributed by atoms with van der Waals surface area (Å²) in [7, 11) is 1.73. The molecule has 0 saturated heterocycles. The number of nitrogens with zero attached hydrogens (tertiary/aromatic N) is 2. The number of primary amides is 1. The second kappa shape index (κ2) is 5.09. The molecule has 0 aliphatic heterocycles. The molecule has 2 unspecified atom stereocenters. The van der Waals surface area contributed by atoms with Crippen LogP contribution in [0, 0.1) is 0 Å².